The minimum absolute atomic E-state index is 0.314. The van der Waals surface area contributed by atoms with Crippen molar-refractivity contribution >= 4 is 17.6 Å². The minimum atomic E-state index is -0.938. The maximum absolute atomic E-state index is 11.9. The topological polar surface area (TPSA) is 60.7 Å². The lowest BCUT2D eigenvalue weighted by atomic mass is 10.0. The number of halogens is 1. The normalized spacial score (nSPS) is 10.7. The van der Waals surface area contributed by atoms with Crippen LogP contribution in [0.2, 0.25) is 5.02 Å². The number of carbonyl (C=O) groups is 1. The first-order valence-corrected chi connectivity index (χ1v) is 9.22. The number of aromatic carboxylic acids is 1. The van der Waals surface area contributed by atoms with E-state index in [1.54, 1.807) is 26.4 Å². The van der Waals surface area contributed by atoms with E-state index in [1.807, 2.05) is 48.0 Å². The molecular weight excluding hydrogens is 378 g/mol. The van der Waals surface area contributed by atoms with Gasteiger partial charge < -0.3 is 19.1 Å². The Morgan fingerprint density at radius 3 is 2.36 bits per heavy atom. The van der Waals surface area contributed by atoms with E-state index in [2.05, 4.69) is 0 Å². The Labute approximate surface area is 169 Å². The number of ether oxygens (including phenoxy) is 2. The molecule has 0 radical (unpaired) electrons. The van der Waals surface area contributed by atoms with Crippen LogP contribution in [0.25, 0.3) is 11.1 Å². The van der Waals surface area contributed by atoms with Crippen molar-refractivity contribution in [1.29, 1.82) is 0 Å². The molecule has 6 heteroatoms. The van der Waals surface area contributed by atoms with Gasteiger partial charge in [-0.05, 0) is 48.7 Å². The molecule has 0 aliphatic rings. The van der Waals surface area contributed by atoms with Gasteiger partial charge in [0.25, 0.3) is 0 Å². The Bertz CT molecular complexity index is 993. The van der Waals surface area contributed by atoms with Gasteiger partial charge in [0.05, 0.1) is 19.8 Å². The summed E-state index contributed by atoms with van der Waals surface area (Å²) in [5, 5.41) is 10.3. The van der Waals surface area contributed by atoms with Crippen LogP contribution in [0.15, 0.2) is 48.7 Å². The van der Waals surface area contributed by atoms with Crippen LogP contribution >= 0.6 is 11.6 Å². The fraction of sp³-hybridized carbons (Fsp3) is 0.227. The van der Waals surface area contributed by atoms with Gasteiger partial charge in [-0.2, -0.15) is 0 Å². The molecule has 1 heterocycles. The zero-order chi connectivity index (χ0) is 20.3. The van der Waals surface area contributed by atoms with Crippen molar-refractivity contribution in [3.8, 4) is 22.6 Å². The molecule has 0 spiro atoms. The number of aryl methyl sites for hydroxylation is 2. The maximum atomic E-state index is 11.9. The van der Waals surface area contributed by atoms with E-state index in [-0.39, 0.29) is 0 Å². The van der Waals surface area contributed by atoms with Crippen LogP contribution in [0.1, 0.15) is 21.6 Å². The van der Waals surface area contributed by atoms with Crippen molar-refractivity contribution in [3.63, 3.8) is 0 Å². The van der Waals surface area contributed by atoms with Gasteiger partial charge in [-0.15, -0.1) is 0 Å². The molecular formula is C22H22ClNO4. The van der Waals surface area contributed by atoms with E-state index < -0.39 is 5.97 Å². The van der Waals surface area contributed by atoms with Gasteiger partial charge in [0.1, 0.15) is 0 Å². The van der Waals surface area contributed by atoms with Crippen molar-refractivity contribution in [1.82, 2.24) is 4.57 Å². The average Bonchev–Trinajstić information content (AvgIpc) is 3.03. The lowest BCUT2D eigenvalue weighted by Crippen LogP contribution is -2.05. The lowest BCUT2D eigenvalue weighted by Gasteiger charge is -2.11. The van der Waals surface area contributed by atoms with Gasteiger partial charge in [-0.3, -0.25) is 0 Å². The molecule has 0 amide bonds. The second-order valence-corrected chi connectivity index (χ2v) is 6.88. The summed E-state index contributed by atoms with van der Waals surface area (Å²) in [4.78, 5) is 11.9. The van der Waals surface area contributed by atoms with E-state index >= 15 is 0 Å². The van der Waals surface area contributed by atoms with Crippen molar-refractivity contribution in [2.45, 2.75) is 19.9 Å². The average molecular weight is 400 g/mol. The smallest absolute Gasteiger partial charge is 0.338 e. The number of aromatic nitrogens is 1. The van der Waals surface area contributed by atoms with Crippen LogP contribution < -0.4 is 9.47 Å². The van der Waals surface area contributed by atoms with Crippen LogP contribution in [0.3, 0.4) is 0 Å². The Balaban J connectivity index is 1.90. The van der Waals surface area contributed by atoms with E-state index in [1.165, 1.54) is 0 Å². The molecule has 1 N–H and O–H groups in total. The summed E-state index contributed by atoms with van der Waals surface area (Å²) in [5.74, 6) is 0.422. The molecule has 5 nitrogen and oxygen atoms in total. The van der Waals surface area contributed by atoms with E-state index in [0.717, 1.165) is 23.2 Å². The predicted molar refractivity (Wildman–Crippen MR) is 110 cm³/mol. The van der Waals surface area contributed by atoms with Gasteiger partial charge in [-0.25, -0.2) is 4.79 Å². The van der Waals surface area contributed by atoms with Gasteiger partial charge in [0, 0.05) is 29.0 Å². The van der Waals surface area contributed by atoms with Crippen LogP contribution in [-0.2, 0) is 13.0 Å². The zero-order valence-electron chi connectivity index (χ0n) is 16.0. The van der Waals surface area contributed by atoms with Gasteiger partial charge in [0.15, 0.2) is 11.5 Å². The van der Waals surface area contributed by atoms with E-state index in [9.17, 15) is 9.90 Å². The Kier molecular flexibility index (Phi) is 5.95. The van der Waals surface area contributed by atoms with Crippen molar-refractivity contribution in [3.05, 3.63) is 70.5 Å². The molecule has 2 aromatic carbocycles. The molecule has 0 bridgehead atoms. The molecule has 28 heavy (non-hydrogen) atoms. The third kappa shape index (κ3) is 3.99. The third-order valence-electron chi connectivity index (χ3n) is 4.81. The molecule has 1 aromatic heterocycles. The SMILES string of the molecule is COc1ccc(CCn2cc(-c3ccc(Cl)cc3)c(C(=O)O)c2C)cc1OC. The standard InChI is InChI=1S/C22H22ClNO4/c1-14-21(22(25)26)18(16-5-7-17(23)8-6-16)13-24(14)11-10-15-4-9-19(27-2)20(12-15)28-3/h4-9,12-13H,10-11H2,1-3H3,(H,25,26). The second kappa shape index (κ2) is 8.40. The molecule has 3 aromatic rings. The number of benzene rings is 2. The molecule has 0 saturated heterocycles. The summed E-state index contributed by atoms with van der Waals surface area (Å²) >= 11 is 5.96. The third-order valence-corrected chi connectivity index (χ3v) is 5.06. The molecule has 0 fully saturated rings. The van der Waals surface area contributed by atoms with Crippen molar-refractivity contribution in [2.24, 2.45) is 0 Å². The number of hydrogen-bond acceptors (Lipinski definition) is 3. The molecule has 0 aliphatic carbocycles. The number of carboxylic acids is 1. The number of methoxy groups -OCH3 is 2. The Morgan fingerprint density at radius 2 is 1.75 bits per heavy atom. The largest absolute Gasteiger partial charge is 0.493 e. The highest BCUT2D eigenvalue weighted by Crippen LogP contribution is 2.31. The fourth-order valence-electron chi connectivity index (χ4n) is 3.29. The molecule has 0 saturated carbocycles. The zero-order valence-corrected chi connectivity index (χ0v) is 16.8. The maximum Gasteiger partial charge on any atom is 0.338 e. The number of nitrogens with zero attached hydrogens (tertiary/aromatic N) is 1. The molecule has 0 aliphatic heterocycles. The van der Waals surface area contributed by atoms with E-state index in [4.69, 9.17) is 21.1 Å². The first-order valence-electron chi connectivity index (χ1n) is 8.84. The monoisotopic (exact) mass is 399 g/mol. The summed E-state index contributed by atoms with van der Waals surface area (Å²) in [6.07, 6.45) is 2.62. The summed E-state index contributed by atoms with van der Waals surface area (Å²) in [5.41, 5.74) is 3.63. The van der Waals surface area contributed by atoms with Crippen LogP contribution in [-0.4, -0.2) is 29.9 Å². The molecule has 0 atom stereocenters. The highest BCUT2D eigenvalue weighted by Gasteiger charge is 2.20. The summed E-state index contributed by atoms with van der Waals surface area (Å²) in [6.45, 7) is 2.48. The Morgan fingerprint density at radius 1 is 1.07 bits per heavy atom. The number of rotatable bonds is 7. The molecule has 3 rings (SSSR count). The van der Waals surface area contributed by atoms with Crippen LogP contribution in [0, 0.1) is 6.92 Å². The van der Waals surface area contributed by atoms with Crippen LogP contribution in [0.5, 0.6) is 11.5 Å². The van der Waals surface area contributed by atoms with Crippen molar-refractivity contribution in [2.75, 3.05) is 14.2 Å². The van der Waals surface area contributed by atoms with Gasteiger partial charge in [-0.1, -0.05) is 29.8 Å². The van der Waals surface area contributed by atoms with Crippen molar-refractivity contribution < 1.29 is 19.4 Å². The highest BCUT2D eigenvalue weighted by molar-refractivity contribution is 6.30. The van der Waals surface area contributed by atoms with Crippen LogP contribution in [0.4, 0.5) is 0 Å². The number of carboxylic acid groups (broad SMARTS) is 1. The van der Waals surface area contributed by atoms with Gasteiger partial charge >= 0.3 is 5.97 Å². The Hall–Kier alpha value is -2.92. The quantitative estimate of drug-likeness (QED) is 0.602. The summed E-state index contributed by atoms with van der Waals surface area (Å²) in [6, 6.07) is 13.0. The first kappa shape index (κ1) is 19.8. The lowest BCUT2D eigenvalue weighted by molar-refractivity contribution is 0.0697. The number of hydrogen-bond donors (Lipinski definition) is 1. The second-order valence-electron chi connectivity index (χ2n) is 6.45. The highest BCUT2D eigenvalue weighted by atomic mass is 35.5. The van der Waals surface area contributed by atoms with E-state index in [0.29, 0.717) is 34.2 Å². The summed E-state index contributed by atoms with van der Waals surface area (Å²) < 4.78 is 12.6. The minimum Gasteiger partial charge on any atom is -0.493 e. The fourth-order valence-corrected chi connectivity index (χ4v) is 3.42. The molecule has 0 unspecified atom stereocenters. The van der Waals surface area contributed by atoms with Gasteiger partial charge in [0.2, 0.25) is 0 Å². The summed E-state index contributed by atoms with van der Waals surface area (Å²) in [7, 11) is 3.21. The first-order chi connectivity index (χ1) is 13.4. The predicted octanol–water partition coefficient (Wildman–Crippen LogP) is 5.08. The molecule has 146 valence electrons.